The third-order valence-corrected chi connectivity index (χ3v) is 9.26. The number of carboxylic acid groups (broad SMARTS) is 1. The molecule has 0 aromatic rings. The number of rotatable bonds is 35. The Balaban J connectivity index is 4.54. The van der Waals surface area contributed by atoms with Gasteiger partial charge in [0.05, 0.1) is 18.9 Å². The van der Waals surface area contributed by atoms with E-state index in [2.05, 4.69) is 33.0 Å². The number of aliphatic hydroxyl groups is 1. The lowest BCUT2D eigenvalue weighted by atomic mass is 10.0. The van der Waals surface area contributed by atoms with Crippen molar-refractivity contribution in [1.29, 1.82) is 0 Å². The minimum Gasteiger partial charge on any atom is -0.481 e. The Morgan fingerprint density at radius 1 is 0.571 bits per heavy atom. The van der Waals surface area contributed by atoms with Crippen LogP contribution in [0.15, 0.2) is 0 Å². The first-order valence-electron chi connectivity index (χ1n) is 20.1. The predicted molar refractivity (Wildman–Crippen MR) is 199 cm³/mol. The Hall–Kier alpha value is -2.16. The number of hydrogen-bond acceptors (Lipinski definition) is 6. The van der Waals surface area contributed by atoms with Gasteiger partial charge in [-0.25, -0.2) is 4.79 Å². The quantitative estimate of drug-likeness (QED) is 0.0380. The maximum atomic E-state index is 13.2. The lowest BCUT2D eigenvalue weighted by molar-refractivity contribution is -0.155. The Morgan fingerprint density at radius 3 is 1.39 bits per heavy atom. The molecule has 0 aliphatic heterocycles. The summed E-state index contributed by atoms with van der Waals surface area (Å²) in [6.07, 6.45) is 23.0. The van der Waals surface area contributed by atoms with E-state index in [9.17, 15) is 24.3 Å². The fourth-order valence-corrected chi connectivity index (χ4v) is 6.28. The zero-order chi connectivity index (χ0) is 36.7. The summed E-state index contributed by atoms with van der Waals surface area (Å²) in [7, 11) is 0. The van der Waals surface area contributed by atoms with Gasteiger partial charge in [-0.15, -0.1) is 0 Å². The summed E-state index contributed by atoms with van der Waals surface area (Å²) >= 11 is 0. The van der Waals surface area contributed by atoms with Gasteiger partial charge in [0.15, 0.2) is 0 Å². The molecule has 0 saturated heterocycles. The number of ether oxygens (including phenoxy) is 1. The SMILES string of the molecule is CC(C)CCCCCCCCCCC[C@H](O)CC(=O)NC(CCCC(=O)O)C(=O)O[C@@H](CCCCCCCCCCCC(C)C)CC(N)=O. The van der Waals surface area contributed by atoms with E-state index in [4.69, 9.17) is 15.6 Å². The molecule has 5 N–H and O–H groups in total. The molecule has 49 heavy (non-hydrogen) atoms. The van der Waals surface area contributed by atoms with E-state index in [1.165, 1.54) is 83.5 Å². The molecule has 9 heteroatoms. The highest BCUT2D eigenvalue weighted by atomic mass is 16.5. The van der Waals surface area contributed by atoms with Gasteiger partial charge in [-0.2, -0.15) is 0 Å². The van der Waals surface area contributed by atoms with Crippen molar-refractivity contribution in [1.82, 2.24) is 5.32 Å². The molecule has 0 radical (unpaired) electrons. The number of primary amides is 1. The molecule has 288 valence electrons. The molecule has 0 aromatic carbocycles. The zero-order valence-electron chi connectivity index (χ0n) is 32.0. The highest BCUT2D eigenvalue weighted by Crippen LogP contribution is 2.18. The number of nitrogens with two attached hydrogens (primary N) is 1. The van der Waals surface area contributed by atoms with Crippen LogP contribution in [-0.4, -0.2) is 52.2 Å². The third-order valence-electron chi connectivity index (χ3n) is 9.26. The Bertz CT molecular complexity index is 848. The Morgan fingerprint density at radius 2 is 0.980 bits per heavy atom. The van der Waals surface area contributed by atoms with Crippen molar-refractivity contribution >= 4 is 23.8 Å². The van der Waals surface area contributed by atoms with Gasteiger partial charge in [0, 0.05) is 6.42 Å². The standard InChI is InChI=1S/C40H76N2O7/c1-32(2)24-19-15-11-7-5-9-13-17-21-26-34(43)30-38(45)42-36(28-23-29-39(46)47)40(48)49-35(31-37(41)44)27-22-18-14-10-6-8-12-16-20-25-33(3)4/h32-36,43H,5-31H2,1-4H3,(H2,41,44)(H,42,45)(H,46,47)/t34-,35-,36?/m0/s1. The van der Waals surface area contributed by atoms with Crippen molar-refractivity contribution in [3.05, 3.63) is 0 Å². The summed E-state index contributed by atoms with van der Waals surface area (Å²) in [6.45, 7) is 9.07. The van der Waals surface area contributed by atoms with Crippen LogP contribution in [0.4, 0.5) is 0 Å². The zero-order valence-corrected chi connectivity index (χ0v) is 32.0. The molecule has 0 saturated carbocycles. The first kappa shape index (κ1) is 46.8. The molecule has 0 aliphatic rings. The first-order valence-corrected chi connectivity index (χ1v) is 20.1. The Labute approximate surface area is 299 Å². The van der Waals surface area contributed by atoms with Crippen molar-refractivity contribution in [2.75, 3.05) is 0 Å². The number of aliphatic hydroxyl groups excluding tert-OH is 1. The van der Waals surface area contributed by atoms with Gasteiger partial charge in [0.1, 0.15) is 12.1 Å². The number of nitrogens with one attached hydrogen (secondary N) is 1. The number of hydrogen-bond donors (Lipinski definition) is 4. The molecule has 0 bridgehead atoms. The normalized spacial score (nSPS) is 13.4. The lowest BCUT2D eigenvalue weighted by Gasteiger charge is -2.22. The van der Waals surface area contributed by atoms with Gasteiger partial charge in [-0.05, 0) is 43.9 Å². The van der Waals surface area contributed by atoms with Crippen molar-refractivity contribution in [3.63, 3.8) is 0 Å². The predicted octanol–water partition coefficient (Wildman–Crippen LogP) is 9.16. The van der Waals surface area contributed by atoms with Gasteiger partial charge in [0.2, 0.25) is 11.8 Å². The van der Waals surface area contributed by atoms with E-state index < -0.39 is 42.0 Å². The molecule has 0 rings (SSSR count). The van der Waals surface area contributed by atoms with E-state index in [1.807, 2.05) is 0 Å². The van der Waals surface area contributed by atoms with Gasteiger partial charge in [0.25, 0.3) is 0 Å². The van der Waals surface area contributed by atoms with Crippen molar-refractivity contribution in [2.45, 2.75) is 219 Å². The largest absolute Gasteiger partial charge is 0.481 e. The van der Waals surface area contributed by atoms with E-state index in [0.29, 0.717) is 12.8 Å². The maximum Gasteiger partial charge on any atom is 0.328 e. The van der Waals surface area contributed by atoms with Crippen LogP contribution in [0.2, 0.25) is 0 Å². The summed E-state index contributed by atoms with van der Waals surface area (Å²) in [4.78, 5) is 48.7. The van der Waals surface area contributed by atoms with Crippen LogP contribution >= 0.6 is 0 Å². The minimum atomic E-state index is -1.06. The minimum absolute atomic E-state index is 0.0887. The monoisotopic (exact) mass is 697 g/mol. The fourth-order valence-electron chi connectivity index (χ4n) is 6.28. The third kappa shape index (κ3) is 32.8. The lowest BCUT2D eigenvalue weighted by Crippen LogP contribution is -2.44. The topological polar surface area (TPSA) is 156 Å². The summed E-state index contributed by atoms with van der Waals surface area (Å²) < 4.78 is 5.67. The van der Waals surface area contributed by atoms with Gasteiger partial charge >= 0.3 is 11.9 Å². The molecule has 1 unspecified atom stereocenters. The second kappa shape index (κ2) is 31.8. The summed E-state index contributed by atoms with van der Waals surface area (Å²) in [5, 5.41) is 22.2. The molecule has 0 aromatic heterocycles. The number of unbranched alkanes of at least 4 members (excludes halogenated alkanes) is 16. The van der Waals surface area contributed by atoms with Crippen LogP contribution in [-0.2, 0) is 23.9 Å². The highest BCUT2D eigenvalue weighted by Gasteiger charge is 2.27. The molecule has 3 atom stereocenters. The molecule has 0 aliphatic carbocycles. The highest BCUT2D eigenvalue weighted by molar-refractivity contribution is 5.85. The van der Waals surface area contributed by atoms with E-state index >= 15 is 0 Å². The number of carbonyl (C=O) groups is 4. The molecule has 9 nitrogen and oxygen atoms in total. The number of aliphatic carboxylic acids is 1. The second-order valence-electron chi connectivity index (χ2n) is 15.3. The molecular weight excluding hydrogens is 620 g/mol. The van der Waals surface area contributed by atoms with Crippen LogP contribution in [0.3, 0.4) is 0 Å². The average Bonchev–Trinajstić information content (AvgIpc) is 3.01. The number of amides is 2. The van der Waals surface area contributed by atoms with Gasteiger partial charge in [-0.1, -0.05) is 150 Å². The molecule has 2 amide bonds. The average molecular weight is 697 g/mol. The number of carboxylic acids is 1. The van der Waals surface area contributed by atoms with Crippen molar-refractivity contribution in [2.24, 2.45) is 17.6 Å². The molecule has 0 spiro atoms. The van der Waals surface area contributed by atoms with Crippen LogP contribution in [0.1, 0.15) is 201 Å². The van der Waals surface area contributed by atoms with Crippen LogP contribution in [0.5, 0.6) is 0 Å². The molecule has 0 fully saturated rings. The summed E-state index contributed by atoms with van der Waals surface area (Å²) in [6, 6.07) is -1.06. The Kier molecular flexibility index (Phi) is 30.4. The smallest absolute Gasteiger partial charge is 0.328 e. The summed E-state index contributed by atoms with van der Waals surface area (Å²) in [5.74, 6) is -1.18. The molecular formula is C40H76N2O7. The fraction of sp³-hybridized carbons (Fsp3) is 0.900. The van der Waals surface area contributed by atoms with Crippen molar-refractivity contribution in [3.8, 4) is 0 Å². The number of esters is 1. The first-order chi connectivity index (χ1) is 23.4. The summed E-state index contributed by atoms with van der Waals surface area (Å²) in [5.41, 5.74) is 5.44. The van der Waals surface area contributed by atoms with Gasteiger partial charge in [-0.3, -0.25) is 14.4 Å². The van der Waals surface area contributed by atoms with Crippen LogP contribution < -0.4 is 11.1 Å². The second-order valence-corrected chi connectivity index (χ2v) is 15.3. The van der Waals surface area contributed by atoms with Crippen LogP contribution in [0.25, 0.3) is 0 Å². The van der Waals surface area contributed by atoms with E-state index in [1.54, 1.807) is 0 Å². The maximum absolute atomic E-state index is 13.2. The van der Waals surface area contributed by atoms with Crippen molar-refractivity contribution < 1.29 is 34.1 Å². The van der Waals surface area contributed by atoms with E-state index in [0.717, 1.165) is 56.8 Å². The van der Waals surface area contributed by atoms with Crippen LogP contribution in [0, 0.1) is 11.8 Å². The van der Waals surface area contributed by atoms with E-state index in [-0.39, 0.29) is 32.1 Å². The number of carbonyl (C=O) groups excluding carboxylic acids is 3. The van der Waals surface area contributed by atoms with Gasteiger partial charge < -0.3 is 26.0 Å². The molecule has 0 heterocycles.